The molecule has 1 nitrogen and oxygen atoms in total. The SMILES string of the molecule is CN(Cc1cccc(-c2cc[c]s2)c1)C1CCCCC1. The van der Waals surface area contributed by atoms with Crippen molar-refractivity contribution in [2.45, 2.75) is 44.7 Å². The van der Waals surface area contributed by atoms with Crippen LogP contribution in [0.3, 0.4) is 0 Å². The molecule has 0 N–H and O–H groups in total. The van der Waals surface area contributed by atoms with Crippen molar-refractivity contribution in [3.05, 3.63) is 47.3 Å². The molecular formula is C18H22NS. The normalized spacial score (nSPS) is 16.7. The van der Waals surface area contributed by atoms with E-state index >= 15 is 0 Å². The van der Waals surface area contributed by atoms with Gasteiger partial charge < -0.3 is 0 Å². The van der Waals surface area contributed by atoms with Gasteiger partial charge in [0, 0.05) is 22.8 Å². The lowest BCUT2D eigenvalue weighted by atomic mass is 9.94. The van der Waals surface area contributed by atoms with Gasteiger partial charge in [-0.3, -0.25) is 4.90 Å². The van der Waals surface area contributed by atoms with E-state index in [1.165, 1.54) is 48.1 Å². The molecule has 1 aromatic carbocycles. The molecule has 0 bridgehead atoms. The minimum Gasteiger partial charge on any atom is -0.299 e. The average Bonchev–Trinajstić information content (AvgIpc) is 3.03. The molecule has 0 aliphatic heterocycles. The number of nitrogens with zero attached hydrogens (tertiary/aromatic N) is 1. The highest BCUT2D eigenvalue weighted by Gasteiger charge is 2.17. The van der Waals surface area contributed by atoms with Gasteiger partial charge in [-0.25, -0.2) is 0 Å². The van der Waals surface area contributed by atoms with E-state index in [1.807, 2.05) is 6.07 Å². The van der Waals surface area contributed by atoms with Crippen molar-refractivity contribution < 1.29 is 0 Å². The van der Waals surface area contributed by atoms with Crippen LogP contribution in [0, 0.1) is 5.38 Å². The topological polar surface area (TPSA) is 3.24 Å². The predicted molar refractivity (Wildman–Crippen MR) is 86.9 cm³/mol. The molecule has 0 spiro atoms. The van der Waals surface area contributed by atoms with Crippen LogP contribution in [-0.2, 0) is 6.54 Å². The quantitative estimate of drug-likeness (QED) is 0.765. The summed E-state index contributed by atoms with van der Waals surface area (Å²) in [5, 5.41) is 3.17. The first-order valence-corrected chi connectivity index (χ1v) is 8.40. The molecule has 1 heterocycles. The van der Waals surface area contributed by atoms with E-state index < -0.39 is 0 Å². The van der Waals surface area contributed by atoms with E-state index in [1.54, 1.807) is 11.3 Å². The van der Waals surface area contributed by atoms with Gasteiger partial charge in [-0.15, -0.1) is 11.3 Å². The Morgan fingerprint density at radius 3 is 2.80 bits per heavy atom. The second-order valence-corrected chi connectivity index (χ2v) is 6.70. The van der Waals surface area contributed by atoms with Crippen LogP contribution in [-0.4, -0.2) is 18.0 Å². The summed E-state index contributed by atoms with van der Waals surface area (Å²) in [4.78, 5) is 3.85. The molecule has 0 saturated heterocycles. The van der Waals surface area contributed by atoms with Crippen molar-refractivity contribution in [3.8, 4) is 10.4 Å². The highest BCUT2D eigenvalue weighted by Crippen LogP contribution is 2.26. The fraction of sp³-hybridized carbons (Fsp3) is 0.444. The summed E-state index contributed by atoms with van der Waals surface area (Å²) in [5.41, 5.74) is 2.75. The Balaban J connectivity index is 1.69. The van der Waals surface area contributed by atoms with E-state index in [2.05, 4.69) is 47.7 Å². The maximum absolute atomic E-state index is 3.17. The monoisotopic (exact) mass is 284 g/mol. The predicted octanol–water partition coefficient (Wildman–Crippen LogP) is 4.98. The molecule has 1 fully saturated rings. The Hall–Kier alpha value is -1.12. The molecule has 1 aromatic heterocycles. The van der Waals surface area contributed by atoms with Gasteiger partial charge in [0.2, 0.25) is 0 Å². The third kappa shape index (κ3) is 3.31. The van der Waals surface area contributed by atoms with Crippen molar-refractivity contribution >= 4 is 11.3 Å². The number of thiophene rings is 1. The maximum Gasteiger partial charge on any atom is 0.0449 e. The van der Waals surface area contributed by atoms with Gasteiger partial charge in [-0.2, -0.15) is 0 Å². The zero-order valence-corrected chi connectivity index (χ0v) is 13.0. The second-order valence-electron chi connectivity index (χ2n) is 5.82. The molecule has 1 aliphatic rings. The first-order valence-electron chi connectivity index (χ1n) is 7.58. The highest BCUT2D eigenvalue weighted by molar-refractivity contribution is 7.13. The third-order valence-electron chi connectivity index (χ3n) is 4.31. The fourth-order valence-electron chi connectivity index (χ4n) is 3.16. The Morgan fingerprint density at radius 1 is 1.20 bits per heavy atom. The summed E-state index contributed by atoms with van der Waals surface area (Å²) in [5.74, 6) is 0. The van der Waals surface area contributed by atoms with E-state index in [-0.39, 0.29) is 0 Å². The molecule has 1 saturated carbocycles. The van der Waals surface area contributed by atoms with Crippen LogP contribution in [0.2, 0.25) is 0 Å². The van der Waals surface area contributed by atoms with Gasteiger partial charge >= 0.3 is 0 Å². The van der Waals surface area contributed by atoms with Gasteiger partial charge in [0.05, 0.1) is 0 Å². The molecule has 0 unspecified atom stereocenters. The Bertz CT molecular complexity index is 526. The zero-order valence-electron chi connectivity index (χ0n) is 12.1. The molecule has 2 aromatic rings. The lowest BCUT2D eigenvalue weighted by Crippen LogP contribution is -2.32. The molecule has 0 amide bonds. The van der Waals surface area contributed by atoms with Crippen molar-refractivity contribution in [1.82, 2.24) is 4.90 Å². The van der Waals surface area contributed by atoms with Gasteiger partial charge in [0.25, 0.3) is 0 Å². The molecule has 1 radical (unpaired) electrons. The standard InChI is InChI=1S/C18H22NS/c1-19(17-9-3-2-4-10-17)14-15-7-5-8-16(13-15)18-11-6-12-20-18/h5-8,11,13,17H,2-4,9-10,14H2,1H3. The van der Waals surface area contributed by atoms with Crippen molar-refractivity contribution in [2.75, 3.05) is 7.05 Å². The number of hydrogen-bond donors (Lipinski definition) is 0. The van der Waals surface area contributed by atoms with Crippen LogP contribution in [0.1, 0.15) is 37.7 Å². The molecule has 20 heavy (non-hydrogen) atoms. The number of rotatable bonds is 4. The lowest BCUT2D eigenvalue weighted by molar-refractivity contribution is 0.184. The smallest absolute Gasteiger partial charge is 0.0449 e. The molecule has 0 atom stereocenters. The Morgan fingerprint density at radius 2 is 2.05 bits per heavy atom. The van der Waals surface area contributed by atoms with E-state index in [4.69, 9.17) is 0 Å². The van der Waals surface area contributed by atoms with Gasteiger partial charge in [0.15, 0.2) is 0 Å². The van der Waals surface area contributed by atoms with E-state index in [0.717, 1.165) is 12.6 Å². The number of benzene rings is 1. The van der Waals surface area contributed by atoms with E-state index in [0.29, 0.717) is 0 Å². The summed E-state index contributed by atoms with van der Waals surface area (Å²) in [6.45, 7) is 1.06. The van der Waals surface area contributed by atoms with Gasteiger partial charge in [-0.05, 0) is 49.2 Å². The summed E-state index contributed by atoms with van der Waals surface area (Å²) < 4.78 is 0. The van der Waals surface area contributed by atoms with Crippen LogP contribution in [0.4, 0.5) is 0 Å². The van der Waals surface area contributed by atoms with Crippen molar-refractivity contribution in [3.63, 3.8) is 0 Å². The molecule has 1 aliphatic carbocycles. The average molecular weight is 284 g/mol. The van der Waals surface area contributed by atoms with Gasteiger partial charge in [0.1, 0.15) is 0 Å². The first kappa shape index (κ1) is 13.8. The van der Waals surface area contributed by atoms with Crippen LogP contribution < -0.4 is 0 Å². The second kappa shape index (κ2) is 6.55. The Labute approximate surface area is 126 Å². The van der Waals surface area contributed by atoms with Crippen LogP contribution in [0.25, 0.3) is 10.4 Å². The molecular weight excluding hydrogens is 262 g/mol. The number of hydrogen-bond acceptors (Lipinski definition) is 2. The largest absolute Gasteiger partial charge is 0.299 e. The zero-order chi connectivity index (χ0) is 13.8. The van der Waals surface area contributed by atoms with Gasteiger partial charge in [-0.1, -0.05) is 37.5 Å². The van der Waals surface area contributed by atoms with Crippen molar-refractivity contribution in [2.24, 2.45) is 0 Å². The molecule has 105 valence electrons. The highest BCUT2D eigenvalue weighted by atomic mass is 32.1. The lowest BCUT2D eigenvalue weighted by Gasteiger charge is -2.31. The van der Waals surface area contributed by atoms with Crippen LogP contribution in [0.5, 0.6) is 0 Å². The third-order valence-corrected chi connectivity index (χ3v) is 5.16. The molecule has 2 heteroatoms. The van der Waals surface area contributed by atoms with Crippen LogP contribution in [0.15, 0.2) is 36.4 Å². The maximum atomic E-state index is 3.17. The summed E-state index contributed by atoms with van der Waals surface area (Å²) in [6.07, 6.45) is 6.97. The minimum absolute atomic E-state index is 0.780. The van der Waals surface area contributed by atoms with Crippen LogP contribution >= 0.6 is 11.3 Å². The summed E-state index contributed by atoms with van der Waals surface area (Å²) in [7, 11) is 2.28. The van der Waals surface area contributed by atoms with Crippen molar-refractivity contribution in [1.29, 1.82) is 0 Å². The first-order chi connectivity index (χ1) is 9.83. The fourth-order valence-corrected chi connectivity index (χ4v) is 3.80. The summed E-state index contributed by atoms with van der Waals surface area (Å²) in [6, 6.07) is 13.9. The minimum atomic E-state index is 0.780. The molecule has 3 rings (SSSR count). The van der Waals surface area contributed by atoms with E-state index in [9.17, 15) is 0 Å². The Kier molecular flexibility index (Phi) is 4.54. The summed E-state index contributed by atoms with van der Waals surface area (Å²) >= 11 is 1.69.